The van der Waals surface area contributed by atoms with Crippen molar-refractivity contribution in [2.75, 3.05) is 11.4 Å². The number of amides is 3. The summed E-state index contributed by atoms with van der Waals surface area (Å²) in [5.74, 6) is -0.947. The third kappa shape index (κ3) is 2.48. The Kier molecular flexibility index (Phi) is 3.92. The first-order chi connectivity index (χ1) is 12.1. The van der Waals surface area contributed by atoms with Crippen LogP contribution in [-0.4, -0.2) is 35.2 Å². The summed E-state index contributed by atoms with van der Waals surface area (Å²) in [4.78, 5) is 42.0. The molecule has 126 valence electrons. The van der Waals surface area contributed by atoms with Gasteiger partial charge in [-0.2, -0.15) is 0 Å². The van der Waals surface area contributed by atoms with Gasteiger partial charge in [0, 0.05) is 11.0 Å². The highest BCUT2D eigenvalue weighted by atomic mass is 79.9. The smallest absolute Gasteiger partial charge is 0.266 e. The van der Waals surface area contributed by atoms with Gasteiger partial charge in [0.05, 0.1) is 16.8 Å². The Morgan fingerprint density at radius 1 is 1.04 bits per heavy atom. The van der Waals surface area contributed by atoms with Gasteiger partial charge in [-0.05, 0) is 53.0 Å². The molecule has 2 aromatic carbocycles. The minimum absolute atomic E-state index is 0.186. The molecule has 0 aliphatic carbocycles. The summed E-state index contributed by atoms with van der Waals surface area (Å²) in [7, 11) is 0. The number of fused-ring (bicyclic) bond motifs is 2. The zero-order chi connectivity index (χ0) is 17.6. The summed E-state index contributed by atoms with van der Waals surface area (Å²) < 4.78 is 0.615. The van der Waals surface area contributed by atoms with Crippen LogP contribution in [0.5, 0.6) is 0 Å². The summed E-state index contributed by atoms with van der Waals surface area (Å²) in [5.41, 5.74) is 1.14. The lowest BCUT2D eigenvalue weighted by atomic mass is 10.1. The lowest BCUT2D eigenvalue weighted by Crippen LogP contribution is -2.47. The number of anilines is 1. The topological polar surface area (TPSA) is 57.7 Å². The molecule has 4 rings (SSSR count). The molecule has 1 fully saturated rings. The highest BCUT2D eigenvalue weighted by molar-refractivity contribution is 9.10. The van der Waals surface area contributed by atoms with Crippen molar-refractivity contribution >= 4 is 39.3 Å². The van der Waals surface area contributed by atoms with Crippen molar-refractivity contribution in [1.29, 1.82) is 0 Å². The van der Waals surface area contributed by atoms with Gasteiger partial charge in [0.2, 0.25) is 0 Å². The average molecular weight is 399 g/mol. The second-order valence-corrected chi connectivity index (χ2v) is 6.99. The number of halogens is 1. The molecule has 0 saturated carbocycles. The number of benzene rings is 2. The SMILES string of the molecule is O=C(c1ccccc1Br)N1C(=O)[C@H]2CCCN2C(=O)c2ccccc21. The molecule has 0 radical (unpaired) electrons. The number of carbonyl (C=O) groups excluding carboxylic acids is 3. The van der Waals surface area contributed by atoms with E-state index in [1.807, 2.05) is 0 Å². The van der Waals surface area contributed by atoms with E-state index in [0.29, 0.717) is 34.3 Å². The van der Waals surface area contributed by atoms with Crippen LogP contribution < -0.4 is 4.90 Å². The number of carbonyl (C=O) groups is 3. The molecule has 0 N–H and O–H groups in total. The number of hydrogen-bond acceptors (Lipinski definition) is 3. The van der Waals surface area contributed by atoms with Crippen molar-refractivity contribution in [3.05, 3.63) is 64.1 Å². The molecule has 6 heteroatoms. The summed E-state index contributed by atoms with van der Waals surface area (Å²) >= 11 is 3.38. The van der Waals surface area contributed by atoms with E-state index >= 15 is 0 Å². The highest BCUT2D eigenvalue weighted by Crippen LogP contribution is 2.34. The Morgan fingerprint density at radius 3 is 2.56 bits per heavy atom. The molecule has 2 heterocycles. The first kappa shape index (κ1) is 16.0. The van der Waals surface area contributed by atoms with E-state index in [-0.39, 0.29) is 11.8 Å². The highest BCUT2D eigenvalue weighted by Gasteiger charge is 2.44. The van der Waals surface area contributed by atoms with Crippen molar-refractivity contribution in [2.24, 2.45) is 0 Å². The van der Waals surface area contributed by atoms with Crippen molar-refractivity contribution in [3.63, 3.8) is 0 Å². The normalized spacial score (nSPS) is 19.5. The van der Waals surface area contributed by atoms with E-state index in [1.165, 1.54) is 4.90 Å². The molecule has 0 bridgehead atoms. The van der Waals surface area contributed by atoms with Gasteiger partial charge in [0.1, 0.15) is 6.04 Å². The second kappa shape index (κ2) is 6.11. The number of hydrogen-bond donors (Lipinski definition) is 0. The fraction of sp³-hybridized carbons (Fsp3) is 0.211. The second-order valence-electron chi connectivity index (χ2n) is 6.13. The van der Waals surface area contributed by atoms with E-state index in [2.05, 4.69) is 15.9 Å². The Balaban J connectivity index is 1.89. The first-order valence-corrected chi connectivity index (χ1v) is 8.91. The number of nitrogens with zero attached hydrogens (tertiary/aromatic N) is 2. The maximum atomic E-state index is 13.2. The minimum atomic E-state index is -0.577. The number of rotatable bonds is 1. The van der Waals surface area contributed by atoms with Gasteiger partial charge < -0.3 is 4.90 Å². The van der Waals surface area contributed by atoms with Crippen LogP contribution in [0.3, 0.4) is 0 Å². The molecular formula is C19H15BrN2O3. The van der Waals surface area contributed by atoms with Gasteiger partial charge >= 0.3 is 0 Å². The molecule has 0 unspecified atom stereocenters. The average Bonchev–Trinajstić information content (AvgIpc) is 3.09. The van der Waals surface area contributed by atoms with Gasteiger partial charge in [0.15, 0.2) is 0 Å². The van der Waals surface area contributed by atoms with Crippen LogP contribution in [-0.2, 0) is 4.79 Å². The van der Waals surface area contributed by atoms with Crippen LogP contribution >= 0.6 is 15.9 Å². The molecule has 0 aromatic heterocycles. The molecule has 1 saturated heterocycles. The molecule has 3 amide bonds. The van der Waals surface area contributed by atoms with Crippen LogP contribution in [0, 0.1) is 0 Å². The maximum absolute atomic E-state index is 13.2. The van der Waals surface area contributed by atoms with Crippen LogP contribution in [0.25, 0.3) is 0 Å². The number of imide groups is 1. The van der Waals surface area contributed by atoms with Crippen molar-refractivity contribution in [2.45, 2.75) is 18.9 Å². The first-order valence-electron chi connectivity index (χ1n) is 8.12. The Labute approximate surface area is 153 Å². The monoisotopic (exact) mass is 398 g/mol. The Hall–Kier alpha value is -2.47. The largest absolute Gasteiger partial charge is 0.327 e. The summed E-state index contributed by atoms with van der Waals surface area (Å²) in [6.07, 6.45) is 1.35. The fourth-order valence-electron chi connectivity index (χ4n) is 3.50. The summed E-state index contributed by atoms with van der Waals surface area (Å²) in [6, 6.07) is 13.2. The Bertz CT molecular complexity index is 896. The Morgan fingerprint density at radius 2 is 1.76 bits per heavy atom. The lowest BCUT2D eigenvalue weighted by molar-refractivity contribution is -0.121. The van der Waals surface area contributed by atoms with Crippen LogP contribution in [0.2, 0.25) is 0 Å². The zero-order valence-corrected chi connectivity index (χ0v) is 14.9. The lowest BCUT2D eigenvalue weighted by Gasteiger charge is -2.24. The molecule has 0 spiro atoms. The van der Waals surface area contributed by atoms with Crippen LogP contribution in [0.4, 0.5) is 5.69 Å². The predicted molar refractivity (Wildman–Crippen MR) is 96.5 cm³/mol. The summed E-state index contributed by atoms with van der Waals surface area (Å²) in [6.45, 7) is 0.542. The molecule has 2 aromatic rings. The van der Waals surface area contributed by atoms with Gasteiger partial charge in [0.25, 0.3) is 17.7 Å². The summed E-state index contributed by atoms with van der Waals surface area (Å²) in [5, 5.41) is 0. The minimum Gasteiger partial charge on any atom is -0.327 e. The van der Waals surface area contributed by atoms with E-state index in [0.717, 1.165) is 6.42 Å². The van der Waals surface area contributed by atoms with Gasteiger partial charge in [-0.1, -0.05) is 24.3 Å². The molecule has 2 aliphatic heterocycles. The fourth-order valence-corrected chi connectivity index (χ4v) is 3.96. The van der Waals surface area contributed by atoms with Crippen molar-refractivity contribution in [3.8, 4) is 0 Å². The van der Waals surface area contributed by atoms with E-state index in [4.69, 9.17) is 0 Å². The van der Waals surface area contributed by atoms with Gasteiger partial charge in [-0.15, -0.1) is 0 Å². The zero-order valence-electron chi connectivity index (χ0n) is 13.3. The quantitative estimate of drug-likeness (QED) is 0.692. The molecule has 2 aliphatic rings. The predicted octanol–water partition coefficient (Wildman–Crippen LogP) is 3.24. The third-order valence-corrected chi connectivity index (χ3v) is 5.39. The van der Waals surface area contributed by atoms with Crippen molar-refractivity contribution in [1.82, 2.24) is 4.90 Å². The van der Waals surface area contributed by atoms with E-state index in [1.54, 1.807) is 53.4 Å². The maximum Gasteiger partial charge on any atom is 0.266 e. The third-order valence-electron chi connectivity index (χ3n) is 4.70. The van der Waals surface area contributed by atoms with Crippen LogP contribution in [0.1, 0.15) is 33.6 Å². The van der Waals surface area contributed by atoms with Gasteiger partial charge in [-0.3, -0.25) is 14.4 Å². The molecule has 25 heavy (non-hydrogen) atoms. The van der Waals surface area contributed by atoms with Gasteiger partial charge in [-0.25, -0.2) is 4.90 Å². The van der Waals surface area contributed by atoms with E-state index in [9.17, 15) is 14.4 Å². The van der Waals surface area contributed by atoms with Crippen molar-refractivity contribution < 1.29 is 14.4 Å². The molecular weight excluding hydrogens is 384 g/mol. The number of para-hydroxylation sites is 1. The molecule has 1 atom stereocenters. The van der Waals surface area contributed by atoms with Crippen LogP contribution in [0.15, 0.2) is 53.0 Å². The van der Waals surface area contributed by atoms with E-state index < -0.39 is 11.9 Å². The standard InChI is InChI=1S/C19H15BrN2O3/c20-14-8-3-1-6-12(14)18(24)22-15-9-4-2-7-13(15)17(23)21-11-5-10-16(21)19(22)25/h1-4,6-9,16H,5,10-11H2/t16-/m1/s1. The molecule has 5 nitrogen and oxygen atoms in total.